The lowest BCUT2D eigenvalue weighted by molar-refractivity contribution is 0.782. The lowest BCUT2D eigenvalue weighted by Gasteiger charge is -2.06. The van der Waals surface area contributed by atoms with Gasteiger partial charge in [0.15, 0.2) is 0 Å². The molecule has 106 valence electrons. The summed E-state index contributed by atoms with van der Waals surface area (Å²) in [7, 11) is 1.85. The van der Waals surface area contributed by atoms with Crippen molar-refractivity contribution in [2.24, 2.45) is 7.05 Å². The minimum absolute atomic E-state index is 0.646. The highest BCUT2D eigenvalue weighted by atomic mass is 35.5. The number of aromatic nitrogens is 2. The molecular weight excluding hydrogens is 282 g/mol. The summed E-state index contributed by atoms with van der Waals surface area (Å²) < 4.78 is 1.70. The number of nitrogen functional groups attached to an aromatic ring is 1. The van der Waals surface area contributed by atoms with E-state index in [-0.39, 0.29) is 0 Å². The molecule has 0 aliphatic carbocycles. The normalized spacial score (nSPS) is 10.8. The fourth-order valence-corrected chi connectivity index (χ4v) is 2.55. The first kappa shape index (κ1) is 13.7. The van der Waals surface area contributed by atoms with Gasteiger partial charge in [0.2, 0.25) is 0 Å². The maximum atomic E-state index is 6.24. The number of rotatable bonds is 2. The highest BCUT2D eigenvalue weighted by Crippen LogP contribution is 2.36. The molecule has 2 N–H and O–H groups in total. The van der Waals surface area contributed by atoms with Gasteiger partial charge in [0.05, 0.1) is 5.56 Å². The van der Waals surface area contributed by atoms with Crippen molar-refractivity contribution in [3.05, 3.63) is 59.1 Å². The third-order valence-corrected chi connectivity index (χ3v) is 4.01. The Kier molecular flexibility index (Phi) is 3.43. The van der Waals surface area contributed by atoms with Crippen LogP contribution in [0.5, 0.6) is 0 Å². The third-order valence-electron chi connectivity index (χ3n) is 3.60. The molecule has 0 fully saturated rings. The van der Waals surface area contributed by atoms with Gasteiger partial charge in [0, 0.05) is 17.6 Å². The molecule has 0 aliphatic heterocycles. The molecule has 0 aliphatic rings. The van der Waals surface area contributed by atoms with Gasteiger partial charge >= 0.3 is 0 Å². The second-order valence-corrected chi connectivity index (χ2v) is 5.47. The van der Waals surface area contributed by atoms with Crippen LogP contribution in [0.15, 0.2) is 48.5 Å². The van der Waals surface area contributed by atoms with Crippen molar-refractivity contribution >= 4 is 17.4 Å². The zero-order valence-electron chi connectivity index (χ0n) is 12.0. The topological polar surface area (TPSA) is 43.8 Å². The Morgan fingerprint density at radius 2 is 1.76 bits per heavy atom. The molecule has 1 aromatic heterocycles. The molecular formula is C17H16ClN3. The largest absolute Gasteiger partial charge is 0.383 e. The van der Waals surface area contributed by atoms with Crippen LogP contribution in [-0.2, 0) is 7.05 Å². The van der Waals surface area contributed by atoms with Gasteiger partial charge < -0.3 is 5.73 Å². The van der Waals surface area contributed by atoms with Crippen LogP contribution in [0, 0.1) is 6.92 Å². The standard InChI is InChI=1S/C17H16ClN3/c1-11-8-9-13(10-14(11)18)16-15(17(19)21(2)20-16)12-6-4-3-5-7-12/h3-10H,19H2,1-2H3. The predicted molar refractivity (Wildman–Crippen MR) is 88.2 cm³/mol. The second kappa shape index (κ2) is 5.26. The second-order valence-electron chi connectivity index (χ2n) is 5.06. The van der Waals surface area contributed by atoms with Gasteiger partial charge in [-0.25, -0.2) is 0 Å². The highest BCUT2D eigenvalue weighted by Gasteiger charge is 2.17. The van der Waals surface area contributed by atoms with E-state index in [4.69, 9.17) is 17.3 Å². The van der Waals surface area contributed by atoms with E-state index in [0.717, 1.165) is 33.0 Å². The van der Waals surface area contributed by atoms with Crippen molar-refractivity contribution < 1.29 is 0 Å². The van der Waals surface area contributed by atoms with Crippen LogP contribution in [0.2, 0.25) is 5.02 Å². The molecule has 21 heavy (non-hydrogen) atoms. The van der Waals surface area contributed by atoms with E-state index in [2.05, 4.69) is 5.10 Å². The summed E-state index contributed by atoms with van der Waals surface area (Å²) >= 11 is 6.24. The zero-order valence-corrected chi connectivity index (χ0v) is 12.7. The van der Waals surface area contributed by atoms with Crippen molar-refractivity contribution in [3.63, 3.8) is 0 Å². The van der Waals surface area contributed by atoms with Crippen LogP contribution in [0.4, 0.5) is 5.82 Å². The summed E-state index contributed by atoms with van der Waals surface area (Å²) in [5.74, 6) is 0.646. The molecule has 1 heterocycles. The number of hydrogen-bond acceptors (Lipinski definition) is 2. The van der Waals surface area contributed by atoms with E-state index in [1.807, 2.05) is 62.5 Å². The van der Waals surface area contributed by atoms with Gasteiger partial charge in [-0.05, 0) is 24.1 Å². The molecule has 0 spiro atoms. The van der Waals surface area contributed by atoms with E-state index in [1.165, 1.54) is 0 Å². The average molecular weight is 298 g/mol. The molecule has 0 radical (unpaired) electrons. The van der Waals surface area contributed by atoms with Crippen LogP contribution in [-0.4, -0.2) is 9.78 Å². The number of nitrogens with zero attached hydrogens (tertiary/aromatic N) is 2. The third kappa shape index (κ3) is 2.41. The molecule has 0 saturated carbocycles. The Morgan fingerprint density at radius 1 is 1.05 bits per heavy atom. The van der Waals surface area contributed by atoms with Crippen molar-refractivity contribution in [1.29, 1.82) is 0 Å². The fraction of sp³-hybridized carbons (Fsp3) is 0.118. The Labute approximate surface area is 129 Å². The minimum Gasteiger partial charge on any atom is -0.383 e. The quantitative estimate of drug-likeness (QED) is 0.766. The van der Waals surface area contributed by atoms with Crippen LogP contribution in [0.3, 0.4) is 0 Å². The molecule has 4 heteroatoms. The smallest absolute Gasteiger partial charge is 0.129 e. The maximum absolute atomic E-state index is 6.24. The minimum atomic E-state index is 0.646. The van der Waals surface area contributed by atoms with Crippen LogP contribution in [0.1, 0.15) is 5.56 Å². The zero-order chi connectivity index (χ0) is 15.0. The number of benzene rings is 2. The molecule has 2 aromatic carbocycles. The molecule has 0 amide bonds. The number of nitrogens with two attached hydrogens (primary N) is 1. The van der Waals surface area contributed by atoms with Gasteiger partial charge in [0.1, 0.15) is 11.5 Å². The molecule has 0 atom stereocenters. The van der Waals surface area contributed by atoms with Gasteiger partial charge in [-0.1, -0.05) is 54.1 Å². The van der Waals surface area contributed by atoms with Gasteiger partial charge in [-0.15, -0.1) is 0 Å². The first-order chi connectivity index (χ1) is 10.1. The van der Waals surface area contributed by atoms with Crippen molar-refractivity contribution in [2.75, 3.05) is 5.73 Å². The monoisotopic (exact) mass is 297 g/mol. The summed E-state index contributed by atoms with van der Waals surface area (Å²) in [5.41, 5.74) is 11.1. The first-order valence-electron chi connectivity index (χ1n) is 6.72. The summed E-state index contributed by atoms with van der Waals surface area (Å²) in [6.45, 7) is 1.98. The van der Waals surface area contributed by atoms with Crippen LogP contribution in [0.25, 0.3) is 22.4 Å². The number of aryl methyl sites for hydroxylation is 2. The van der Waals surface area contributed by atoms with Gasteiger partial charge in [-0.2, -0.15) is 5.10 Å². The van der Waals surface area contributed by atoms with Crippen molar-refractivity contribution in [2.45, 2.75) is 6.92 Å². The molecule has 0 unspecified atom stereocenters. The Bertz CT molecular complexity index is 791. The highest BCUT2D eigenvalue weighted by molar-refractivity contribution is 6.31. The number of hydrogen-bond donors (Lipinski definition) is 1. The number of halogens is 1. The molecule has 3 rings (SSSR count). The summed E-state index contributed by atoms with van der Waals surface area (Å²) in [4.78, 5) is 0. The van der Waals surface area contributed by atoms with E-state index in [1.54, 1.807) is 4.68 Å². The van der Waals surface area contributed by atoms with Gasteiger partial charge in [-0.3, -0.25) is 4.68 Å². The van der Waals surface area contributed by atoms with E-state index < -0.39 is 0 Å². The summed E-state index contributed by atoms with van der Waals surface area (Å²) in [5, 5.41) is 5.29. The van der Waals surface area contributed by atoms with E-state index in [0.29, 0.717) is 5.82 Å². The SMILES string of the molecule is Cc1ccc(-c2nn(C)c(N)c2-c2ccccc2)cc1Cl. The van der Waals surface area contributed by atoms with Crippen LogP contribution >= 0.6 is 11.6 Å². The Morgan fingerprint density at radius 3 is 2.43 bits per heavy atom. The van der Waals surface area contributed by atoms with Gasteiger partial charge in [0.25, 0.3) is 0 Å². The lowest BCUT2D eigenvalue weighted by Crippen LogP contribution is -1.97. The fourth-order valence-electron chi connectivity index (χ4n) is 2.37. The molecule has 3 nitrogen and oxygen atoms in total. The summed E-state index contributed by atoms with van der Waals surface area (Å²) in [6.07, 6.45) is 0. The lowest BCUT2D eigenvalue weighted by atomic mass is 10.0. The number of anilines is 1. The molecule has 0 bridgehead atoms. The first-order valence-corrected chi connectivity index (χ1v) is 7.10. The maximum Gasteiger partial charge on any atom is 0.129 e. The van der Waals surface area contributed by atoms with E-state index in [9.17, 15) is 0 Å². The predicted octanol–water partition coefficient (Wildman–Crippen LogP) is 4.30. The average Bonchev–Trinajstić information content (AvgIpc) is 2.79. The van der Waals surface area contributed by atoms with E-state index >= 15 is 0 Å². The Hall–Kier alpha value is -2.26. The molecule has 0 saturated heterocycles. The summed E-state index contributed by atoms with van der Waals surface area (Å²) in [6, 6.07) is 16.0. The van der Waals surface area contributed by atoms with Crippen molar-refractivity contribution in [3.8, 4) is 22.4 Å². The molecule has 3 aromatic rings. The van der Waals surface area contributed by atoms with Crippen molar-refractivity contribution in [1.82, 2.24) is 9.78 Å². The van der Waals surface area contributed by atoms with Crippen LogP contribution < -0.4 is 5.73 Å². The Balaban J connectivity index is 2.24.